The second-order valence-electron chi connectivity index (χ2n) is 10.1. The van der Waals surface area contributed by atoms with E-state index in [1.54, 1.807) is 0 Å². The third-order valence-electron chi connectivity index (χ3n) is 7.15. The monoisotopic (exact) mass is 463 g/mol. The van der Waals surface area contributed by atoms with Gasteiger partial charge < -0.3 is 9.80 Å². The van der Waals surface area contributed by atoms with E-state index in [4.69, 9.17) is 0 Å². The molecule has 0 spiro atoms. The topological polar surface area (TPSA) is 43.9 Å². The lowest BCUT2D eigenvalue weighted by Crippen LogP contribution is -2.35. The second kappa shape index (κ2) is 12.9. The average molecular weight is 464 g/mol. The molecule has 5 nitrogen and oxygen atoms in total. The number of hydrogen-bond acceptors (Lipinski definition) is 5. The molecule has 1 saturated heterocycles. The van der Waals surface area contributed by atoms with Crippen LogP contribution in [-0.4, -0.2) is 87.2 Å². The van der Waals surface area contributed by atoms with Gasteiger partial charge >= 0.3 is 0 Å². The third kappa shape index (κ3) is 7.33. The van der Waals surface area contributed by atoms with Crippen molar-refractivity contribution in [1.29, 1.82) is 0 Å². The second-order valence-corrected chi connectivity index (χ2v) is 10.1. The van der Waals surface area contributed by atoms with E-state index in [1.165, 1.54) is 19.4 Å². The number of benzene rings is 2. The highest BCUT2D eigenvalue weighted by Crippen LogP contribution is 2.26. The zero-order valence-electron chi connectivity index (χ0n) is 21.4. The molecular weight excluding hydrogens is 422 g/mol. The average Bonchev–Trinajstić information content (AvgIpc) is 3.25. The normalized spacial score (nSPS) is 16.5. The lowest BCUT2D eigenvalue weighted by atomic mass is 9.94. The first-order valence-electron chi connectivity index (χ1n) is 12.6. The van der Waals surface area contributed by atoms with Crippen molar-refractivity contribution in [1.82, 2.24) is 14.7 Å². The summed E-state index contributed by atoms with van der Waals surface area (Å²) in [6.45, 7) is 7.61. The van der Waals surface area contributed by atoms with Gasteiger partial charge in [-0.1, -0.05) is 36.4 Å². The minimum atomic E-state index is 0.699. The minimum absolute atomic E-state index is 0.699. The van der Waals surface area contributed by atoms with E-state index in [9.17, 15) is 9.59 Å². The van der Waals surface area contributed by atoms with Gasteiger partial charge in [0.25, 0.3) is 0 Å². The number of likely N-dealkylation sites (N-methyl/N-ethyl adjacent to an activating group) is 1. The maximum Gasteiger partial charge on any atom is 0.150 e. The fourth-order valence-corrected chi connectivity index (χ4v) is 4.87. The first kappa shape index (κ1) is 26.3. The molecule has 0 bridgehead atoms. The van der Waals surface area contributed by atoms with Crippen molar-refractivity contribution in [3.63, 3.8) is 0 Å². The SMILES string of the molecule is CC1CCCN1CCN(C)CCc1cc(-c2ccc(C=O)c(CCCN(C)C)c2)ccc1C=O. The van der Waals surface area contributed by atoms with E-state index in [1.807, 2.05) is 24.3 Å². The lowest BCUT2D eigenvalue weighted by Gasteiger charge is -2.25. The smallest absolute Gasteiger partial charge is 0.150 e. The molecule has 2 aromatic carbocycles. The highest BCUT2D eigenvalue weighted by Gasteiger charge is 2.19. The van der Waals surface area contributed by atoms with E-state index < -0.39 is 0 Å². The number of likely N-dealkylation sites (tertiary alicyclic amines) is 1. The van der Waals surface area contributed by atoms with Crippen molar-refractivity contribution in [2.75, 3.05) is 53.9 Å². The fourth-order valence-electron chi connectivity index (χ4n) is 4.87. The van der Waals surface area contributed by atoms with Gasteiger partial charge in [0.1, 0.15) is 12.6 Å². The predicted octanol–water partition coefficient (Wildman–Crippen LogP) is 4.43. The van der Waals surface area contributed by atoms with Crippen LogP contribution in [0.25, 0.3) is 11.1 Å². The summed E-state index contributed by atoms with van der Waals surface area (Å²) in [6, 6.07) is 12.9. The van der Waals surface area contributed by atoms with Gasteiger partial charge in [0.15, 0.2) is 0 Å². The van der Waals surface area contributed by atoms with Gasteiger partial charge in [-0.2, -0.15) is 0 Å². The minimum Gasteiger partial charge on any atom is -0.309 e. The van der Waals surface area contributed by atoms with Crippen LogP contribution in [0.4, 0.5) is 0 Å². The molecule has 34 heavy (non-hydrogen) atoms. The molecule has 0 aliphatic carbocycles. The van der Waals surface area contributed by atoms with Gasteiger partial charge in [0.05, 0.1) is 0 Å². The molecule has 1 unspecified atom stereocenters. The summed E-state index contributed by atoms with van der Waals surface area (Å²) in [4.78, 5) is 30.4. The van der Waals surface area contributed by atoms with Crippen molar-refractivity contribution < 1.29 is 9.59 Å². The highest BCUT2D eigenvalue weighted by atomic mass is 16.1. The number of aldehydes is 2. The van der Waals surface area contributed by atoms with Gasteiger partial charge in [-0.25, -0.2) is 0 Å². The maximum atomic E-state index is 11.7. The first-order valence-corrected chi connectivity index (χ1v) is 12.6. The van der Waals surface area contributed by atoms with E-state index in [0.29, 0.717) is 6.04 Å². The molecule has 184 valence electrons. The number of nitrogens with zero attached hydrogens (tertiary/aromatic N) is 3. The molecular formula is C29H41N3O2. The van der Waals surface area contributed by atoms with Crippen LogP contribution in [0.5, 0.6) is 0 Å². The molecule has 1 fully saturated rings. The summed E-state index contributed by atoms with van der Waals surface area (Å²) in [5.74, 6) is 0. The molecule has 3 rings (SSSR count). The van der Waals surface area contributed by atoms with Crippen molar-refractivity contribution >= 4 is 12.6 Å². The predicted molar refractivity (Wildman–Crippen MR) is 141 cm³/mol. The Morgan fingerprint density at radius 1 is 0.882 bits per heavy atom. The number of carbonyl (C=O) groups is 2. The molecule has 0 saturated carbocycles. The van der Waals surface area contributed by atoms with Crippen LogP contribution >= 0.6 is 0 Å². The summed E-state index contributed by atoms with van der Waals surface area (Å²) in [5.41, 5.74) is 5.90. The van der Waals surface area contributed by atoms with Crippen molar-refractivity contribution in [3.05, 3.63) is 58.7 Å². The molecule has 1 heterocycles. The van der Waals surface area contributed by atoms with Gasteiger partial charge in [0.2, 0.25) is 0 Å². The molecule has 5 heteroatoms. The fraction of sp³-hybridized carbons (Fsp3) is 0.517. The van der Waals surface area contributed by atoms with Gasteiger partial charge in [-0.05, 0) is 95.5 Å². The van der Waals surface area contributed by atoms with E-state index in [2.05, 4.69) is 54.9 Å². The van der Waals surface area contributed by atoms with Crippen LogP contribution in [0.15, 0.2) is 36.4 Å². The quantitative estimate of drug-likeness (QED) is 0.411. The number of aryl methyl sites for hydroxylation is 1. The van der Waals surface area contributed by atoms with E-state index in [-0.39, 0.29) is 0 Å². The Labute approximate surface area is 205 Å². The van der Waals surface area contributed by atoms with Crippen LogP contribution in [-0.2, 0) is 12.8 Å². The number of carbonyl (C=O) groups excluding carboxylic acids is 2. The molecule has 0 N–H and O–H groups in total. The van der Waals surface area contributed by atoms with Gasteiger partial charge in [-0.3, -0.25) is 14.5 Å². The molecule has 1 aliphatic heterocycles. The van der Waals surface area contributed by atoms with Crippen molar-refractivity contribution in [3.8, 4) is 11.1 Å². The van der Waals surface area contributed by atoms with Crippen LogP contribution in [0.1, 0.15) is 58.0 Å². The first-order chi connectivity index (χ1) is 16.4. The summed E-state index contributed by atoms with van der Waals surface area (Å²) < 4.78 is 0. The Morgan fingerprint density at radius 2 is 1.50 bits per heavy atom. The van der Waals surface area contributed by atoms with Crippen LogP contribution in [0.2, 0.25) is 0 Å². The lowest BCUT2D eigenvalue weighted by molar-refractivity contribution is 0.111. The van der Waals surface area contributed by atoms with Crippen LogP contribution < -0.4 is 0 Å². The van der Waals surface area contributed by atoms with Gasteiger partial charge in [0, 0.05) is 36.8 Å². The Morgan fingerprint density at radius 3 is 2.03 bits per heavy atom. The number of hydrogen-bond donors (Lipinski definition) is 0. The zero-order chi connectivity index (χ0) is 24.5. The summed E-state index contributed by atoms with van der Waals surface area (Å²) >= 11 is 0. The molecule has 0 amide bonds. The highest BCUT2D eigenvalue weighted by molar-refractivity contribution is 5.82. The summed E-state index contributed by atoms with van der Waals surface area (Å²) in [5, 5.41) is 0. The molecule has 1 aliphatic rings. The Kier molecular flexibility index (Phi) is 10.00. The zero-order valence-corrected chi connectivity index (χ0v) is 21.4. The third-order valence-corrected chi connectivity index (χ3v) is 7.15. The standard InChI is InChI=1S/C29H41N3O2/c1-23-7-5-15-32(23)18-17-31(4)16-13-27-20-26(10-12-29(27)22-34)25-9-11-28(21-33)24(19-25)8-6-14-30(2)3/h9-12,19-23H,5-8,13-18H2,1-4H3. The van der Waals surface area contributed by atoms with Crippen LogP contribution in [0, 0.1) is 0 Å². The van der Waals surface area contributed by atoms with E-state index in [0.717, 1.165) is 91.4 Å². The van der Waals surface area contributed by atoms with Gasteiger partial charge in [-0.15, -0.1) is 0 Å². The van der Waals surface area contributed by atoms with Crippen LogP contribution in [0.3, 0.4) is 0 Å². The Hall–Kier alpha value is -2.34. The van der Waals surface area contributed by atoms with E-state index >= 15 is 0 Å². The summed E-state index contributed by atoms with van der Waals surface area (Å²) in [6.07, 6.45) is 7.27. The van der Waals surface area contributed by atoms with Crippen molar-refractivity contribution in [2.45, 2.75) is 45.1 Å². The largest absolute Gasteiger partial charge is 0.309 e. The molecule has 2 aromatic rings. The molecule has 0 radical (unpaired) electrons. The van der Waals surface area contributed by atoms with Crippen molar-refractivity contribution in [2.24, 2.45) is 0 Å². The molecule has 1 atom stereocenters. The number of rotatable bonds is 13. The molecule has 0 aromatic heterocycles. The Balaban J connectivity index is 1.69. The summed E-state index contributed by atoms with van der Waals surface area (Å²) in [7, 11) is 6.30. The Bertz CT molecular complexity index is 956. The maximum absolute atomic E-state index is 11.7.